The predicted molar refractivity (Wildman–Crippen MR) is 80.8 cm³/mol. The van der Waals surface area contributed by atoms with Gasteiger partial charge in [-0.1, -0.05) is 30.7 Å². The second-order valence-corrected chi connectivity index (χ2v) is 5.89. The molecule has 1 saturated heterocycles. The zero-order valence-corrected chi connectivity index (χ0v) is 12.6. The second-order valence-electron chi connectivity index (χ2n) is 5.46. The van der Waals surface area contributed by atoms with Crippen molar-refractivity contribution in [3.8, 4) is 0 Å². The van der Waals surface area contributed by atoms with E-state index in [1.54, 1.807) is 0 Å². The smallest absolute Gasteiger partial charge is 0.0735 e. The largest absolute Gasteiger partial charge is 0.374 e. The average molecular weight is 282 g/mol. The predicted octanol–water partition coefficient (Wildman–Crippen LogP) is 3.82. The van der Waals surface area contributed by atoms with E-state index in [4.69, 9.17) is 16.3 Å². The molecule has 2 rings (SSSR count). The van der Waals surface area contributed by atoms with Crippen molar-refractivity contribution in [3.63, 3.8) is 0 Å². The van der Waals surface area contributed by atoms with Gasteiger partial charge in [0.2, 0.25) is 0 Å². The van der Waals surface area contributed by atoms with E-state index in [0.717, 1.165) is 30.8 Å². The fourth-order valence-electron chi connectivity index (χ4n) is 2.71. The molecule has 1 aliphatic rings. The van der Waals surface area contributed by atoms with Gasteiger partial charge in [0.25, 0.3) is 0 Å². The molecule has 0 saturated carbocycles. The van der Waals surface area contributed by atoms with Gasteiger partial charge in [-0.15, -0.1) is 0 Å². The third kappa shape index (κ3) is 4.48. The molecule has 3 heteroatoms. The minimum Gasteiger partial charge on any atom is -0.374 e. The van der Waals surface area contributed by atoms with Crippen LogP contribution in [0.3, 0.4) is 0 Å². The van der Waals surface area contributed by atoms with Gasteiger partial charge in [0.05, 0.1) is 12.2 Å². The molecule has 0 aromatic heterocycles. The van der Waals surface area contributed by atoms with Crippen molar-refractivity contribution in [1.29, 1.82) is 0 Å². The van der Waals surface area contributed by atoms with Crippen molar-refractivity contribution < 1.29 is 4.74 Å². The number of halogens is 1. The molecule has 1 aromatic carbocycles. The van der Waals surface area contributed by atoms with E-state index in [1.807, 2.05) is 12.1 Å². The number of ether oxygens (including phenoxy) is 1. The van der Waals surface area contributed by atoms with Gasteiger partial charge in [-0.2, -0.15) is 0 Å². The van der Waals surface area contributed by atoms with Gasteiger partial charge >= 0.3 is 0 Å². The molecule has 1 heterocycles. The van der Waals surface area contributed by atoms with Crippen LogP contribution in [0.5, 0.6) is 0 Å². The van der Waals surface area contributed by atoms with Crippen molar-refractivity contribution in [3.05, 3.63) is 34.9 Å². The maximum Gasteiger partial charge on any atom is 0.0735 e. The molecule has 1 N–H and O–H groups in total. The summed E-state index contributed by atoms with van der Waals surface area (Å²) in [4.78, 5) is 0. The molecule has 3 atom stereocenters. The summed E-state index contributed by atoms with van der Waals surface area (Å²) in [6, 6.07) is 8.54. The molecular formula is C16H24ClNO. The van der Waals surface area contributed by atoms with Gasteiger partial charge in [0.1, 0.15) is 0 Å². The minimum absolute atomic E-state index is 0.334. The molecule has 1 aromatic rings. The van der Waals surface area contributed by atoms with Crippen LogP contribution in [0.25, 0.3) is 0 Å². The van der Waals surface area contributed by atoms with Gasteiger partial charge in [-0.3, -0.25) is 0 Å². The zero-order chi connectivity index (χ0) is 13.7. The van der Waals surface area contributed by atoms with E-state index in [2.05, 4.69) is 31.3 Å². The Morgan fingerprint density at radius 2 is 2.26 bits per heavy atom. The van der Waals surface area contributed by atoms with Crippen molar-refractivity contribution >= 4 is 11.6 Å². The summed E-state index contributed by atoms with van der Waals surface area (Å²) in [5.74, 6) is 0. The highest BCUT2D eigenvalue weighted by atomic mass is 35.5. The third-order valence-corrected chi connectivity index (χ3v) is 3.95. The molecule has 19 heavy (non-hydrogen) atoms. The number of nitrogens with one attached hydrogen (secondary N) is 1. The van der Waals surface area contributed by atoms with Crippen molar-refractivity contribution in [2.45, 2.75) is 57.8 Å². The first-order valence-electron chi connectivity index (χ1n) is 7.32. The molecule has 0 bridgehead atoms. The monoisotopic (exact) mass is 281 g/mol. The Hall–Kier alpha value is -0.570. The van der Waals surface area contributed by atoms with Crippen LogP contribution in [-0.4, -0.2) is 24.8 Å². The van der Waals surface area contributed by atoms with Gasteiger partial charge < -0.3 is 10.1 Å². The Balaban J connectivity index is 2.00. The molecule has 1 fully saturated rings. The van der Waals surface area contributed by atoms with E-state index in [0.29, 0.717) is 18.2 Å². The van der Waals surface area contributed by atoms with Crippen LogP contribution in [-0.2, 0) is 11.2 Å². The summed E-state index contributed by atoms with van der Waals surface area (Å²) in [7, 11) is 0. The third-order valence-electron chi connectivity index (χ3n) is 3.71. The zero-order valence-electron chi connectivity index (χ0n) is 11.9. The molecule has 3 unspecified atom stereocenters. The number of hydrogen-bond acceptors (Lipinski definition) is 2. The second kappa shape index (κ2) is 7.28. The summed E-state index contributed by atoms with van der Waals surface area (Å²) >= 11 is 6.06. The molecular weight excluding hydrogens is 258 g/mol. The van der Waals surface area contributed by atoms with Gasteiger partial charge in [0, 0.05) is 11.1 Å². The summed E-state index contributed by atoms with van der Waals surface area (Å²) < 4.78 is 6.03. The van der Waals surface area contributed by atoms with E-state index in [9.17, 15) is 0 Å². The quantitative estimate of drug-likeness (QED) is 0.856. The van der Waals surface area contributed by atoms with Crippen LogP contribution >= 0.6 is 11.6 Å². The fraction of sp³-hybridized carbons (Fsp3) is 0.625. The van der Waals surface area contributed by atoms with Gasteiger partial charge in [-0.25, -0.2) is 0 Å². The molecule has 0 radical (unpaired) electrons. The van der Waals surface area contributed by atoms with Crippen molar-refractivity contribution in [2.75, 3.05) is 6.54 Å². The minimum atomic E-state index is 0.334. The lowest BCUT2D eigenvalue weighted by Gasteiger charge is -2.25. The van der Waals surface area contributed by atoms with Crippen molar-refractivity contribution in [1.82, 2.24) is 5.32 Å². The van der Waals surface area contributed by atoms with E-state index >= 15 is 0 Å². The highest BCUT2D eigenvalue weighted by Crippen LogP contribution is 2.24. The Bertz CT molecular complexity index is 396. The number of benzene rings is 1. The number of rotatable bonds is 6. The summed E-state index contributed by atoms with van der Waals surface area (Å²) in [6.07, 6.45) is 5.19. The summed E-state index contributed by atoms with van der Waals surface area (Å²) in [5.41, 5.74) is 1.28. The first-order chi connectivity index (χ1) is 9.19. The standard InChI is InChI=1S/C16H24ClNO/c1-3-9-18-15(16-8-7-12(2)19-16)11-13-5-4-6-14(17)10-13/h4-6,10,12,15-16,18H,3,7-9,11H2,1-2H3. The molecule has 0 spiro atoms. The SMILES string of the molecule is CCCNC(Cc1cccc(Cl)c1)C1CCC(C)O1. The Morgan fingerprint density at radius 1 is 1.42 bits per heavy atom. The molecule has 1 aliphatic heterocycles. The van der Waals surface area contributed by atoms with Crippen LogP contribution < -0.4 is 5.32 Å². The molecule has 0 aliphatic carbocycles. The average Bonchev–Trinajstić information content (AvgIpc) is 2.81. The van der Waals surface area contributed by atoms with E-state index < -0.39 is 0 Å². The van der Waals surface area contributed by atoms with Crippen LogP contribution in [0.4, 0.5) is 0 Å². The van der Waals surface area contributed by atoms with Crippen molar-refractivity contribution in [2.24, 2.45) is 0 Å². The first-order valence-corrected chi connectivity index (χ1v) is 7.70. The molecule has 2 nitrogen and oxygen atoms in total. The van der Waals surface area contributed by atoms with Crippen LogP contribution in [0.15, 0.2) is 24.3 Å². The maximum atomic E-state index is 6.06. The molecule has 0 amide bonds. The van der Waals surface area contributed by atoms with Crippen LogP contribution in [0.2, 0.25) is 5.02 Å². The Labute approximate surface area is 121 Å². The topological polar surface area (TPSA) is 21.3 Å². The number of hydrogen-bond donors (Lipinski definition) is 1. The highest BCUT2D eigenvalue weighted by Gasteiger charge is 2.29. The lowest BCUT2D eigenvalue weighted by atomic mass is 9.99. The fourth-order valence-corrected chi connectivity index (χ4v) is 2.93. The summed E-state index contributed by atoms with van der Waals surface area (Å²) in [5, 5.41) is 4.44. The van der Waals surface area contributed by atoms with Crippen LogP contribution in [0.1, 0.15) is 38.7 Å². The molecule has 106 valence electrons. The van der Waals surface area contributed by atoms with E-state index in [1.165, 1.54) is 12.0 Å². The maximum absolute atomic E-state index is 6.06. The summed E-state index contributed by atoms with van der Waals surface area (Å²) in [6.45, 7) is 5.40. The Kier molecular flexibility index (Phi) is 5.68. The van der Waals surface area contributed by atoms with Gasteiger partial charge in [0.15, 0.2) is 0 Å². The highest BCUT2D eigenvalue weighted by molar-refractivity contribution is 6.30. The normalized spacial score (nSPS) is 24.6. The first kappa shape index (κ1) is 14.8. The van der Waals surface area contributed by atoms with E-state index in [-0.39, 0.29) is 0 Å². The Morgan fingerprint density at radius 3 is 2.89 bits per heavy atom. The lowest BCUT2D eigenvalue weighted by molar-refractivity contribution is 0.0321. The van der Waals surface area contributed by atoms with Gasteiger partial charge in [-0.05, 0) is 56.8 Å². The van der Waals surface area contributed by atoms with Crippen LogP contribution in [0, 0.1) is 0 Å². The lowest BCUT2D eigenvalue weighted by Crippen LogP contribution is -2.42.